The summed E-state index contributed by atoms with van der Waals surface area (Å²) in [5.74, 6) is 0. The summed E-state index contributed by atoms with van der Waals surface area (Å²) in [4.78, 5) is 0. The molecule has 0 fully saturated rings. The minimum absolute atomic E-state index is 0. The van der Waals surface area contributed by atoms with Crippen LogP contribution in [0.2, 0.25) is 0 Å². The van der Waals surface area contributed by atoms with Crippen LogP contribution in [0.25, 0.3) is 0 Å². The normalized spacial score (nSPS) is 0. The van der Waals surface area contributed by atoms with Crippen LogP contribution < -0.4 is 0 Å². The SMILES string of the molecule is B.[AlH3].[Cr].[Er].[Fe].[InH3].[Mn].[Mn].[SiH4].[Ti].[V]. The summed E-state index contributed by atoms with van der Waals surface area (Å²) in [6.07, 6.45) is 0. The summed E-state index contributed by atoms with van der Waals surface area (Å²) in [5.41, 5.74) is 0. The molecular formula is H13AlBCrErFeInMn2SiTiV. The third-order valence-electron chi connectivity index (χ3n) is 0. The largest absolute Gasteiger partial charge is 0.0149 e. The minimum atomic E-state index is 0. The third kappa shape index (κ3) is 83.8. The van der Waals surface area contributed by atoms with Crippen LogP contribution in [0.5, 0.6) is 0 Å². The standard InChI is InChI=1S/Al.BH3.Cr.Er.Fe.In.2Mn.H4Si.Ti.V.6H/h;1H3;;;;;;;1H4;;;;;;;;. The van der Waals surface area contributed by atoms with E-state index in [0.717, 1.165) is 0 Å². The molecule has 0 aliphatic carbocycles. The fourth-order valence-electron chi connectivity index (χ4n) is 0. The molecule has 11 heteroatoms. The molecule has 0 aliphatic rings. The predicted molar refractivity (Wildman–Crippen MR) is 41.2 cm³/mol. The van der Waals surface area contributed by atoms with E-state index in [0.29, 0.717) is 0 Å². The van der Waals surface area contributed by atoms with Crippen molar-refractivity contribution in [2.45, 2.75) is 0 Å². The zero-order valence-electron chi connectivity index (χ0n) is 2.75. The Morgan fingerprint density at radius 2 is 0.909 bits per heavy atom. The molecule has 0 saturated carbocycles. The second-order valence-corrected chi connectivity index (χ2v) is 0. The van der Waals surface area contributed by atoms with E-state index in [4.69, 9.17) is 0 Å². The van der Waals surface area contributed by atoms with E-state index < -0.39 is 0 Å². The summed E-state index contributed by atoms with van der Waals surface area (Å²) in [7, 11) is 0. The second-order valence-electron chi connectivity index (χ2n) is 0. The van der Waals surface area contributed by atoms with Gasteiger partial charge in [0.2, 0.25) is 0 Å². The molecule has 0 rings (SSSR count). The van der Waals surface area contributed by atoms with Crippen molar-refractivity contribution in [2.75, 3.05) is 0 Å². The van der Waals surface area contributed by atoms with E-state index in [-0.39, 0.29) is 209 Å². The van der Waals surface area contributed by atoms with Gasteiger partial charge in [0.25, 0.3) is 0 Å². The first-order valence-corrected chi connectivity index (χ1v) is 0. The molecule has 0 aromatic carbocycles. The van der Waals surface area contributed by atoms with Gasteiger partial charge in [-0.2, -0.15) is 0 Å². The van der Waals surface area contributed by atoms with Crippen molar-refractivity contribution < 1.29 is 146 Å². The number of hydrogen-bond donors (Lipinski definition) is 0. The fraction of sp³-hybridized carbons (Fsp3) is 0. The van der Waals surface area contributed by atoms with Gasteiger partial charge in [0, 0.05) is 146 Å². The first-order valence-electron chi connectivity index (χ1n) is 0. The van der Waals surface area contributed by atoms with Crippen molar-refractivity contribution in [3.8, 4) is 0 Å². The van der Waals surface area contributed by atoms with Gasteiger partial charge < -0.3 is 0 Å². The molecule has 0 heterocycles. The van der Waals surface area contributed by atoms with Crippen LogP contribution in [0.3, 0.4) is 0 Å². The fourth-order valence-corrected chi connectivity index (χ4v) is 0. The first kappa shape index (κ1) is 115. The van der Waals surface area contributed by atoms with Crippen LogP contribution in [-0.4, -0.2) is 62.6 Å². The van der Waals surface area contributed by atoms with Gasteiger partial charge in [0.1, 0.15) is 0 Å². The summed E-state index contributed by atoms with van der Waals surface area (Å²) in [6.45, 7) is 0. The van der Waals surface area contributed by atoms with Crippen LogP contribution in [0.15, 0.2) is 0 Å². The molecule has 0 N–H and O–H groups in total. The molecule has 11 heavy (non-hydrogen) atoms. The van der Waals surface area contributed by atoms with Crippen LogP contribution >= 0.6 is 0 Å². The summed E-state index contributed by atoms with van der Waals surface area (Å²) < 4.78 is 0. The van der Waals surface area contributed by atoms with Gasteiger partial charge in [0.05, 0.1) is 8.41 Å². The van der Waals surface area contributed by atoms with Crippen molar-refractivity contribution in [1.82, 2.24) is 0 Å². The molecule has 75 valence electrons. The van der Waals surface area contributed by atoms with Crippen molar-refractivity contribution in [3.63, 3.8) is 0 Å². The molecule has 0 unspecified atom stereocenters. The van der Waals surface area contributed by atoms with Crippen LogP contribution in [0.1, 0.15) is 0 Å². The number of rotatable bonds is 0. The smallest absolute Gasteiger partial charge is 0 e. The Labute approximate surface area is 204 Å². The van der Waals surface area contributed by atoms with Crippen LogP contribution in [0, 0.1) is 37.3 Å². The van der Waals surface area contributed by atoms with Gasteiger partial charge in [0.15, 0.2) is 17.4 Å². The quantitative estimate of drug-likeness (QED) is 0.226. The number of hydrogen-bond acceptors (Lipinski definition) is 0. The van der Waals surface area contributed by atoms with Gasteiger partial charge >= 0.3 is 25.8 Å². The van der Waals surface area contributed by atoms with Gasteiger partial charge in [-0.15, -0.1) is 0 Å². The second kappa shape index (κ2) is 95.9. The molecule has 0 aromatic rings. The minimum Gasteiger partial charge on any atom is -0.0149 e. The summed E-state index contributed by atoms with van der Waals surface area (Å²) >= 11 is 0. The maximum absolute atomic E-state index is 0. The Bertz CT molecular complexity index is 36.1. The van der Waals surface area contributed by atoms with E-state index in [2.05, 4.69) is 0 Å². The van der Waals surface area contributed by atoms with Crippen molar-refractivity contribution in [2.24, 2.45) is 0 Å². The van der Waals surface area contributed by atoms with Crippen molar-refractivity contribution in [3.05, 3.63) is 0 Å². The molecular weight excluding hydrogens is 664 g/mol. The van der Waals surface area contributed by atoms with Crippen LogP contribution in [-0.2, 0) is 109 Å². The van der Waals surface area contributed by atoms with Gasteiger partial charge in [-0.25, -0.2) is 0 Å². The zero-order chi connectivity index (χ0) is 0. The Morgan fingerprint density at radius 1 is 0.909 bits per heavy atom. The topological polar surface area (TPSA) is 0 Å². The average Bonchev–Trinajstić information content (AvgIpc) is 0. The zero-order valence-corrected chi connectivity index (χ0v) is 12.3. The molecule has 0 amide bonds. The van der Waals surface area contributed by atoms with Gasteiger partial charge in [-0.05, 0) is 11.0 Å². The van der Waals surface area contributed by atoms with E-state index in [1.165, 1.54) is 0 Å². The van der Waals surface area contributed by atoms with E-state index in [9.17, 15) is 0 Å². The Kier molecular flexibility index (Phi) is 1010. The molecule has 0 nitrogen and oxygen atoms in total. The van der Waals surface area contributed by atoms with E-state index in [1.54, 1.807) is 0 Å². The summed E-state index contributed by atoms with van der Waals surface area (Å²) in [5, 5.41) is 0. The van der Waals surface area contributed by atoms with E-state index in [1.807, 2.05) is 0 Å². The Hall–Kier alpha value is 6.32. The maximum Gasteiger partial charge on any atom is 0 e. The van der Waals surface area contributed by atoms with Crippen molar-refractivity contribution >= 4 is 62.6 Å². The average molecular weight is 678 g/mol. The molecule has 0 bridgehead atoms. The molecule has 0 aromatic heterocycles. The molecule has 0 spiro atoms. The molecule has 0 atom stereocenters. The molecule has 3 radical (unpaired) electrons. The molecule has 0 aliphatic heterocycles. The van der Waals surface area contributed by atoms with Crippen molar-refractivity contribution in [1.29, 1.82) is 0 Å². The van der Waals surface area contributed by atoms with Gasteiger partial charge in [-0.1, -0.05) is 0 Å². The third-order valence-corrected chi connectivity index (χ3v) is 0. The first-order chi connectivity index (χ1) is 0. The molecule has 0 saturated heterocycles. The van der Waals surface area contributed by atoms with Gasteiger partial charge in [-0.3, -0.25) is 0 Å². The Balaban J connectivity index is 0. The summed E-state index contributed by atoms with van der Waals surface area (Å²) in [6, 6.07) is 0. The maximum atomic E-state index is 0. The van der Waals surface area contributed by atoms with E-state index >= 15 is 0 Å². The predicted octanol–water partition coefficient (Wildman–Crippen LogP) is -5.02. The van der Waals surface area contributed by atoms with Crippen LogP contribution in [0.4, 0.5) is 0 Å². The monoisotopic (exact) mass is 677 g/mol. The Morgan fingerprint density at radius 3 is 0.909 bits per heavy atom.